The number of hydrogen-bond acceptors (Lipinski definition) is 3. The molecule has 0 saturated heterocycles. The van der Waals surface area contributed by atoms with Crippen molar-refractivity contribution in [1.29, 1.82) is 0 Å². The Hall–Kier alpha value is -2.36. The Morgan fingerprint density at radius 3 is 2.50 bits per heavy atom. The van der Waals surface area contributed by atoms with Gasteiger partial charge in [0.2, 0.25) is 5.95 Å². The second-order valence-corrected chi connectivity index (χ2v) is 3.68. The summed E-state index contributed by atoms with van der Waals surface area (Å²) in [6, 6.07) is 8.07. The molecule has 0 aliphatic carbocycles. The Bertz CT molecular complexity index is 582. The molecule has 0 saturated carbocycles. The van der Waals surface area contributed by atoms with Crippen LogP contribution in [0.2, 0.25) is 0 Å². The van der Waals surface area contributed by atoms with Crippen molar-refractivity contribution in [1.82, 2.24) is 4.98 Å². The van der Waals surface area contributed by atoms with E-state index < -0.39 is 5.95 Å². The monoisotopic (exact) mass is 245 g/mol. The lowest BCUT2D eigenvalue weighted by Crippen LogP contribution is -1.84. The molecule has 0 radical (unpaired) electrons. The highest BCUT2D eigenvalue weighted by Crippen LogP contribution is 2.26. The van der Waals surface area contributed by atoms with Crippen LogP contribution in [0, 0.1) is 5.95 Å². The molecule has 2 aromatic rings. The average molecular weight is 245 g/mol. The normalized spacial score (nSPS) is 10.8. The minimum atomic E-state index is -0.519. The molecule has 4 heteroatoms. The van der Waals surface area contributed by atoms with E-state index in [4.69, 9.17) is 4.74 Å². The maximum Gasteiger partial charge on any atom is 0.213 e. The molecule has 0 fully saturated rings. The fourth-order valence-electron chi connectivity index (χ4n) is 1.52. The van der Waals surface area contributed by atoms with Crippen molar-refractivity contribution in [3.63, 3.8) is 0 Å². The number of aromatic hydroxyl groups is 1. The minimum Gasteiger partial charge on any atom is -0.504 e. The summed E-state index contributed by atoms with van der Waals surface area (Å²) < 4.78 is 17.8. The molecule has 0 aliphatic rings. The second kappa shape index (κ2) is 5.31. The highest BCUT2D eigenvalue weighted by molar-refractivity contribution is 5.70. The van der Waals surface area contributed by atoms with E-state index >= 15 is 0 Å². The van der Waals surface area contributed by atoms with Crippen LogP contribution in [0.1, 0.15) is 11.1 Å². The molecule has 0 bridgehead atoms. The average Bonchev–Trinajstić information content (AvgIpc) is 2.37. The smallest absolute Gasteiger partial charge is 0.213 e. The molecular formula is C14H12FNO2. The SMILES string of the molecule is COc1ccc(/C=C\c2ccnc(F)c2)cc1O. The molecule has 1 heterocycles. The molecular weight excluding hydrogens is 233 g/mol. The third-order valence-corrected chi connectivity index (χ3v) is 2.42. The molecule has 0 atom stereocenters. The molecule has 3 nitrogen and oxygen atoms in total. The van der Waals surface area contributed by atoms with Crippen LogP contribution >= 0.6 is 0 Å². The molecule has 1 N–H and O–H groups in total. The Morgan fingerprint density at radius 1 is 1.17 bits per heavy atom. The Balaban J connectivity index is 2.21. The molecule has 0 unspecified atom stereocenters. The number of benzene rings is 1. The summed E-state index contributed by atoms with van der Waals surface area (Å²) in [6.45, 7) is 0. The first-order valence-corrected chi connectivity index (χ1v) is 5.35. The number of ether oxygens (including phenoxy) is 1. The number of phenolic OH excluding ortho intramolecular Hbond substituents is 1. The Kier molecular flexibility index (Phi) is 3.57. The van der Waals surface area contributed by atoms with Crippen molar-refractivity contribution >= 4 is 12.2 Å². The number of pyridine rings is 1. The number of methoxy groups -OCH3 is 1. The zero-order valence-electron chi connectivity index (χ0n) is 9.80. The summed E-state index contributed by atoms with van der Waals surface area (Å²) in [5.74, 6) is -0.0302. The van der Waals surface area contributed by atoms with Crippen molar-refractivity contribution in [3.8, 4) is 11.5 Å². The van der Waals surface area contributed by atoms with Crippen molar-refractivity contribution in [2.75, 3.05) is 7.11 Å². The van der Waals surface area contributed by atoms with E-state index in [0.717, 1.165) is 5.56 Å². The summed E-state index contributed by atoms with van der Waals surface area (Å²) in [5.41, 5.74) is 1.50. The third-order valence-electron chi connectivity index (χ3n) is 2.42. The van der Waals surface area contributed by atoms with Crippen LogP contribution in [-0.4, -0.2) is 17.2 Å². The predicted octanol–water partition coefficient (Wildman–Crippen LogP) is 3.11. The van der Waals surface area contributed by atoms with Crippen molar-refractivity contribution < 1.29 is 14.2 Å². The topological polar surface area (TPSA) is 42.4 Å². The van der Waals surface area contributed by atoms with Gasteiger partial charge < -0.3 is 9.84 Å². The van der Waals surface area contributed by atoms with Crippen LogP contribution in [0.3, 0.4) is 0 Å². The van der Waals surface area contributed by atoms with Gasteiger partial charge in [0, 0.05) is 12.3 Å². The Labute approximate surface area is 104 Å². The highest BCUT2D eigenvalue weighted by atomic mass is 19.1. The number of halogens is 1. The van der Waals surface area contributed by atoms with Gasteiger partial charge in [0.05, 0.1) is 7.11 Å². The lowest BCUT2D eigenvalue weighted by molar-refractivity contribution is 0.373. The first kappa shape index (κ1) is 12.1. The molecule has 92 valence electrons. The first-order chi connectivity index (χ1) is 8.69. The van der Waals surface area contributed by atoms with Gasteiger partial charge in [-0.1, -0.05) is 18.2 Å². The zero-order valence-corrected chi connectivity index (χ0v) is 9.80. The number of rotatable bonds is 3. The van der Waals surface area contributed by atoms with Crippen LogP contribution in [0.15, 0.2) is 36.5 Å². The van der Waals surface area contributed by atoms with E-state index in [1.807, 2.05) is 0 Å². The lowest BCUT2D eigenvalue weighted by atomic mass is 10.1. The van der Waals surface area contributed by atoms with Crippen LogP contribution in [0.25, 0.3) is 12.2 Å². The molecule has 1 aromatic heterocycles. The molecule has 2 rings (SSSR count). The van der Waals surface area contributed by atoms with Crippen LogP contribution < -0.4 is 4.74 Å². The van der Waals surface area contributed by atoms with Gasteiger partial charge in [-0.05, 0) is 29.3 Å². The van der Waals surface area contributed by atoms with E-state index in [-0.39, 0.29) is 5.75 Å². The van der Waals surface area contributed by atoms with Crippen molar-refractivity contribution in [3.05, 3.63) is 53.6 Å². The number of aromatic nitrogens is 1. The van der Waals surface area contributed by atoms with Crippen molar-refractivity contribution in [2.45, 2.75) is 0 Å². The lowest BCUT2D eigenvalue weighted by Gasteiger charge is -2.03. The fraction of sp³-hybridized carbons (Fsp3) is 0.0714. The second-order valence-electron chi connectivity index (χ2n) is 3.68. The number of hydrogen-bond donors (Lipinski definition) is 1. The summed E-state index contributed by atoms with van der Waals surface area (Å²) in [7, 11) is 1.49. The van der Waals surface area contributed by atoms with E-state index in [9.17, 15) is 9.50 Å². The molecule has 0 spiro atoms. The Morgan fingerprint density at radius 2 is 1.89 bits per heavy atom. The van der Waals surface area contributed by atoms with E-state index in [2.05, 4.69) is 4.98 Å². The van der Waals surface area contributed by atoms with E-state index in [1.54, 1.807) is 36.4 Å². The van der Waals surface area contributed by atoms with Crippen molar-refractivity contribution in [2.24, 2.45) is 0 Å². The van der Waals surface area contributed by atoms with Gasteiger partial charge in [-0.15, -0.1) is 0 Å². The largest absolute Gasteiger partial charge is 0.504 e. The maximum absolute atomic E-state index is 12.9. The number of phenols is 1. The summed E-state index contributed by atoms with van der Waals surface area (Å²) in [6.07, 6.45) is 4.92. The van der Waals surface area contributed by atoms with E-state index in [1.165, 1.54) is 19.4 Å². The molecule has 0 amide bonds. The molecule has 1 aromatic carbocycles. The van der Waals surface area contributed by atoms with Gasteiger partial charge >= 0.3 is 0 Å². The molecule has 0 aliphatic heterocycles. The van der Waals surface area contributed by atoms with Gasteiger partial charge in [0.1, 0.15) is 0 Å². The quantitative estimate of drug-likeness (QED) is 0.845. The third kappa shape index (κ3) is 2.85. The maximum atomic E-state index is 12.9. The highest BCUT2D eigenvalue weighted by Gasteiger charge is 2.00. The van der Waals surface area contributed by atoms with Gasteiger partial charge in [0.15, 0.2) is 11.5 Å². The first-order valence-electron chi connectivity index (χ1n) is 5.35. The number of nitrogens with zero attached hydrogens (tertiary/aromatic N) is 1. The summed E-state index contributed by atoms with van der Waals surface area (Å²) >= 11 is 0. The predicted molar refractivity (Wildman–Crippen MR) is 67.8 cm³/mol. The van der Waals surface area contributed by atoms with Crippen LogP contribution in [0.5, 0.6) is 11.5 Å². The zero-order chi connectivity index (χ0) is 13.0. The van der Waals surface area contributed by atoms with E-state index in [0.29, 0.717) is 11.3 Å². The van der Waals surface area contributed by atoms with Gasteiger partial charge in [-0.25, -0.2) is 4.98 Å². The minimum absolute atomic E-state index is 0.0700. The standard InChI is InChI=1S/C14H12FNO2/c1-18-13-5-4-10(8-12(13)17)2-3-11-6-7-16-14(15)9-11/h2-9,17H,1H3/b3-2-. The summed E-state index contributed by atoms with van der Waals surface area (Å²) in [4.78, 5) is 3.47. The van der Waals surface area contributed by atoms with Gasteiger partial charge in [-0.2, -0.15) is 4.39 Å². The fourth-order valence-corrected chi connectivity index (χ4v) is 1.52. The summed E-state index contributed by atoms with van der Waals surface area (Å²) in [5, 5.41) is 9.60. The van der Waals surface area contributed by atoms with Crippen LogP contribution in [0.4, 0.5) is 4.39 Å². The van der Waals surface area contributed by atoms with Crippen LogP contribution in [-0.2, 0) is 0 Å². The van der Waals surface area contributed by atoms with Gasteiger partial charge in [0.25, 0.3) is 0 Å². The molecule has 18 heavy (non-hydrogen) atoms. The van der Waals surface area contributed by atoms with Gasteiger partial charge in [-0.3, -0.25) is 0 Å².